The third kappa shape index (κ3) is 4.10. The van der Waals surface area contributed by atoms with Gasteiger partial charge in [0.2, 0.25) is 5.91 Å². The Kier molecular flexibility index (Phi) is 5.99. The first-order valence-electron chi connectivity index (χ1n) is 9.35. The molecule has 1 fully saturated rings. The zero-order valence-corrected chi connectivity index (χ0v) is 16.0. The maximum Gasteiger partial charge on any atom is 0.239 e. The van der Waals surface area contributed by atoms with Crippen LogP contribution in [0.2, 0.25) is 0 Å². The molecule has 0 bridgehead atoms. The number of fused-ring (bicyclic) bond motifs is 1. The summed E-state index contributed by atoms with van der Waals surface area (Å²) in [6.45, 7) is 3.31. The van der Waals surface area contributed by atoms with E-state index in [0.717, 1.165) is 43.1 Å². The molecule has 2 aliphatic rings. The van der Waals surface area contributed by atoms with E-state index in [-0.39, 0.29) is 24.4 Å². The summed E-state index contributed by atoms with van der Waals surface area (Å²) in [6.07, 6.45) is 7.77. The minimum Gasteiger partial charge on any atom is -0.310 e. The van der Waals surface area contributed by atoms with Gasteiger partial charge in [0, 0.05) is 5.56 Å². The van der Waals surface area contributed by atoms with E-state index in [2.05, 4.69) is 40.0 Å². The Bertz CT molecular complexity index is 769. The second-order valence-electron chi connectivity index (χ2n) is 7.35. The third-order valence-electron chi connectivity index (χ3n) is 5.28. The van der Waals surface area contributed by atoms with Crippen LogP contribution in [0.25, 0.3) is 0 Å². The summed E-state index contributed by atoms with van der Waals surface area (Å²) in [4.78, 5) is 12.3. The summed E-state index contributed by atoms with van der Waals surface area (Å²) in [6, 6.07) is 8.79. The van der Waals surface area contributed by atoms with Crippen LogP contribution in [-0.4, -0.2) is 28.8 Å². The molecule has 1 atom stereocenters. The van der Waals surface area contributed by atoms with Crippen LogP contribution in [0.3, 0.4) is 0 Å². The molecule has 2 aliphatic carbocycles. The number of carbonyl (C=O) groups excluding carboxylic acids is 1. The number of hydrogen-bond acceptors (Lipinski definition) is 3. The van der Waals surface area contributed by atoms with Gasteiger partial charge in [0.15, 0.2) is 0 Å². The summed E-state index contributed by atoms with van der Waals surface area (Å²) in [5.41, 5.74) is 3.74. The molecule has 6 heteroatoms. The molecule has 2 aromatic rings. The predicted octanol–water partition coefficient (Wildman–Crippen LogP) is 3.48. The van der Waals surface area contributed by atoms with E-state index >= 15 is 0 Å². The number of rotatable bonds is 6. The fourth-order valence-corrected chi connectivity index (χ4v) is 3.71. The first-order chi connectivity index (χ1) is 12.2. The van der Waals surface area contributed by atoms with Crippen molar-refractivity contribution in [2.45, 2.75) is 45.1 Å². The second-order valence-corrected chi connectivity index (χ2v) is 7.35. The van der Waals surface area contributed by atoms with Crippen LogP contribution in [0.1, 0.15) is 48.4 Å². The van der Waals surface area contributed by atoms with Crippen molar-refractivity contribution in [3.05, 3.63) is 47.2 Å². The summed E-state index contributed by atoms with van der Waals surface area (Å²) >= 11 is 0. The predicted molar refractivity (Wildman–Crippen MR) is 106 cm³/mol. The molecular weight excluding hydrogens is 348 g/mol. The zero-order chi connectivity index (χ0) is 17.2. The summed E-state index contributed by atoms with van der Waals surface area (Å²) in [5.74, 6) is 1.62. The smallest absolute Gasteiger partial charge is 0.239 e. The zero-order valence-electron chi connectivity index (χ0n) is 15.2. The quantitative estimate of drug-likeness (QED) is 0.813. The second kappa shape index (κ2) is 8.23. The van der Waals surface area contributed by atoms with E-state index in [0.29, 0.717) is 6.54 Å². The van der Waals surface area contributed by atoms with Crippen molar-refractivity contribution in [3.8, 4) is 0 Å². The number of aryl methyl sites for hydroxylation is 2. The van der Waals surface area contributed by atoms with Gasteiger partial charge in [0.1, 0.15) is 5.82 Å². The SMILES string of the molecule is Cc1cnn(C2CCCc3ccccc32)c1NC(=O)CNCC1CC1.Cl. The summed E-state index contributed by atoms with van der Waals surface area (Å²) < 4.78 is 2.01. The maximum atomic E-state index is 12.3. The van der Waals surface area contributed by atoms with Crippen molar-refractivity contribution in [1.82, 2.24) is 15.1 Å². The van der Waals surface area contributed by atoms with E-state index in [9.17, 15) is 4.79 Å². The maximum absolute atomic E-state index is 12.3. The fraction of sp³-hybridized carbons (Fsp3) is 0.500. The standard InChI is InChI=1S/C20H26N4O.ClH/c1-14-11-22-24(18-8-4-6-16-5-2-3-7-17(16)18)20(14)23-19(25)13-21-12-15-9-10-15;/h2-3,5,7,11,15,18,21H,4,6,8-10,12-13H2,1H3,(H,23,25);1H. The number of nitrogens with one attached hydrogen (secondary N) is 2. The van der Waals surface area contributed by atoms with Crippen LogP contribution >= 0.6 is 12.4 Å². The first kappa shape index (κ1) is 18.9. The van der Waals surface area contributed by atoms with Crippen LogP contribution in [0.15, 0.2) is 30.5 Å². The summed E-state index contributed by atoms with van der Waals surface area (Å²) in [7, 11) is 0. The molecule has 0 spiro atoms. The number of aromatic nitrogens is 2. The number of nitrogens with zero attached hydrogens (tertiary/aromatic N) is 2. The van der Waals surface area contributed by atoms with Crippen molar-refractivity contribution in [2.75, 3.05) is 18.4 Å². The molecule has 0 saturated heterocycles. The average molecular weight is 375 g/mol. The van der Waals surface area contributed by atoms with Crippen molar-refractivity contribution in [1.29, 1.82) is 0 Å². The molecule has 0 radical (unpaired) electrons. The lowest BCUT2D eigenvalue weighted by atomic mass is 9.88. The molecule has 5 nitrogen and oxygen atoms in total. The molecule has 0 aliphatic heterocycles. The Morgan fingerprint density at radius 1 is 1.27 bits per heavy atom. The Labute approximate surface area is 161 Å². The number of carbonyl (C=O) groups is 1. The normalized spacial score (nSPS) is 18.7. The average Bonchev–Trinajstić information content (AvgIpc) is 3.38. The van der Waals surface area contributed by atoms with Gasteiger partial charge in [0.05, 0.1) is 18.8 Å². The molecule has 1 aromatic heterocycles. The molecule has 2 N–H and O–H groups in total. The molecule has 1 aromatic carbocycles. The Hall–Kier alpha value is -1.85. The molecular formula is C20H27ClN4O. The largest absolute Gasteiger partial charge is 0.310 e. The van der Waals surface area contributed by atoms with Crippen molar-refractivity contribution < 1.29 is 4.79 Å². The van der Waals surface area contributed by atoms with E-state index in [4.69, 9.17) is 0 Å². The minimum absolute atomic E-state index is 0. The topological polar surface area (TPSA) is 59.0 Å². The van der Waals surface area contributed by atoms with E-state index < -0.39 is 0 Å². The van der Waals surface area contributed by atoms with Gasteiger partial charge in [-0.1, -0.05) is 24.3 Å². The lowest BCUT2D eigenvalue weighted by molar-refractivity contribution is -0.115. The van der Waals surface area contributed by atoms with Crippen LogP contribution in [0.5, 0.6) is 0 Å². The van der Waals surface area contributed by atoms with Gasteiger partial charge in [-0.15, -0.1) is 12.4 Å². The van der Waals surface area contributed by atoms with Gasteiger partial charge in [0.25, 0.3) is 0 Å². The lowest BCUT2D eigenvalue weighted by Gasteiger charge is -2.27. The van der Waals surface area contributed by atoms with Crippen LogP contribution in [0.4, 0.5) is 5.82 Å². The van der Waals surface area contributed by atoms with E-state index in [1.54, 1.807) is 0 Å². The van der Waals surface area contributed by atoms with Gasteiger partial charge >= 0.3 is 0 Å². The Morgan fingerprint density at radius 3 is 2.88 bits per heavy atom. The number of benzene rings is 1. The molecule has 1 amide bonds. The molecule has 1 unspecified atom stereocenters. The third-order valence-corrected chi connectivity index (χ3v) is 5.28. The van der Waals surface area contributed by atoms with Gasteiger partial charge in [-0.3, -0.25) is 4.79 Å². The molecule has 26 heavy (non-hydrogen) atoms. The Balaban J connectivity index is 0.00000196. The van der Waals surface area contributed by atoms with Crippen LogP contribution < -0.4 is 10.6 Å². The lowest BCUT2D eigenvalue weighted by Crippen LogP contribution is -2.31. The van der Waals surface area contributed by atoms with Crippen LogP contribution in [-0.2, 0) is 11.2 Å². The van der Waals surface area contributed by atoms with Gasteiger partial charge in [-0.05, 0) is 62.6 Å². The number of hydrogen-bond donors (Lipinski definition) is 2. The number of amides is 1. The molecule has 140 valence electrons. The van der Waals surface area contributed by atoms with Crippen molar-refractivity contribution >= 4 is 24.1 Å². The molecule has 1 saturated carbocycles. The number of halogens is 1. The van der Waals surface area contributed by atoms with Gasteiger partial charge < -0.3 is 10.6 Å². The monoisotopic (exact) mass is 374 g/mol. The number of anilines is 1. The summed E-state index contributed by atoms with van der Waals surface area (Å²) in [5, 5.41) is 10.9. The van der Waals surface area contributed by atoms with E-state index in [1.807, 2.05) is 17.8 Å². The molecule has 1 heterocycles. The van der Waals surface area contributed by atoms with Crippen LogP contribution in [0, 0.1) is 12.8 Å². The van der Waals surface area contributed by atoms with Gasteiger partial charge in [-0.25, -0.2) is 4.68 Å². The Morgan fingerprint density at radius 2 is 2.08 bits per heavy atom. The highest BCUT2D eigenvalue weighted by molar-refractivity contribution is 5.92. The highest BCUT2D eigenvalue weighted by atomic mass is 35.5. The fourth-order valence-electron chi connectivity index (χ4n) is 3.71. The van der Waals surface area contributed by atoms with Crippen molar-refractivity contribution in [2.24, 2.45) is 5.92 Å². The first-order valence-corrected chi connectivity index (χ1v) is 9.35. The van der Waals surface area contributed by atoms with E-state index in [1.165, 1.54) is 24.0 Å². The highest BCUT2D eigenvalue weighted by Crippen LogP contribution is 2.35. The van der Waals surface area contributed by atoms with Gasteiger partial charge in [-0.2, -0.15) is 5.10 Å². The molecule has 4 rings (SSSR count). The minimum atomic E-state index is 0. The van der Waals surface area contributed by atoms with Crippen molar-refractivity contribution in [3.63, 3.8) is 0 Å². The highest BCUT2D eigenvalue weighted by Gasteiger charge is 2.25.